The number of carbonyl (C=O) groups is 2. The van der Waals surface area contributed by atoms with Gasteiger partial charge in [-0.25, -0.2) is 4.79 Å². The van der Waals surface area contributed by atoms with Crippen LogP contribution in [0.5, 0.6) is 0 Å². The molecule has 0 aliphatic carbocycles. The van der Waals surface area contributed by atoms with E-state index in [0.717, 1.165) is 24.3 Å². The van der Waals surface area contributed by atoms with Crippen molar-refractivity contribution in [3.63, 3.8) is 0 Å². The third-order valence-electron chi connectivity index (χ3n) is 3.22. The molecule has 20 heavy (non-hydrogen) atoms. The molecule has 0 N–H and O–H groups in total. The summed E-state index contributed by atoms with van der Waals surface area (Å²) in [5.41, 5.74) is -0.480. The molecule has 0 aromatic rings. The highest BCUT2D eigenvalue weighted by Crippen LogP contribution is 2.21. The molecule has 1 atom stereocenters. The molecule has 1 amide bonds. The summed E-state index contributed by atoms with van der Waals surface area (Å²) in [6.07, 6.45) is 2.09. The highest BCUT2D eigenvalue weighted by Gasteiger charge is 2.31. The molecule has 1 unspecified atom stereocenters. The van der Waals surface area contributed by atoms with E-state index in [1.165, 1.54) is 0 Å². The van der Waals surface area contributed by atoms with E-state index in [-0.39, 0.29) is 12.0 Å². The van der Waals surface area contributed by atoms with Gasteiger partial charge in [-0.2, -0.15) is 11.8 Å². The molecule has 1 rings (SSSR count). The fraction of sp³-hybridized carbons (Fsp3) is 0.867. The molecular formula is C15H27NO3S. The Kier molecular flexibility index (Phi) is 6.86. The van der Waals surface area contributed by atoms with Crippen LogP contribution >= 0.6 is 11.8 Å². The smallest absolute Gasteiger partial charge is 0.410 e. The van der Waals surface area contributed by atoms with Crippen LogP contribution in [0.15, 0.2) is 0 Å². The Labute approximate surface area is 126 Å². The maximum atomic E-state index is 12.0. The summed E-state index contributed by atoms with van der Waals surface area (Å²) < 4.78 is 5.38. The number of Topliss-reactive ketones (excluding diaryl/α,β-unsaturated/α-hetero) is 1. The van der Waals surface area contributed by atoms with Gasteiger partial charge in [-0.1, -0.05) is 6.92 Å². The lowest BCUT2D eigenvalue weighted by Gasteiger charge is -2.33. The number of carbonyl (C=O) groups excluding carboxylic acids is 2. The van der Waals surface area contributed by atoms with E-state index < -0.39 is 5.60 Å². The fourth-order valence-electron chi connectivity index (χ4n) is 2.23. The SMILES string of the molecule is CCSCCCC1CN(C(=O)OC(C)(C)C)CCC1=O. The molecule has 1 fully saturated rings. The van der Waals surface area contributed by atoms with Gasteiger partial charge >= 0.3 is 6.09 Å². The average Bonchev–Trinajstić information content (AvgIpc) is 2.34. The second kappa shape index (κ2) is 7.91. The summed E-state index contributed by atoms with van der Waals surface area (Å²) >= 11 is 1.90. The number of likely N-dealkylation sites (tertiary alicyclic amines) is 1. The van der Waals surface area contributed by atoms with E-state index in [9.17, 15) is 9.59 Å². The van der Waals surface area contributed by atoms with Crippen molar-refractivity contribution < 1.29 is 14.3 Å². The number of thioether (sulfide) groups is 1. The standard InChI is InChI=1S/C15H27NO3S/c1-5-20-10-6-7-12-11-16(9-8-13(12)17)14(18)19-15(2,3)4/h12H,5-11H2,1-4H3. The van der Waals surface area contributed by atoms with Gasteiger partial charge in [0.15, 0.2) is 0 Å². The van der Waals surface area contributed by atoms with Crippen molar-refractivity contribution in [1.82, 2.24) is 4.90 Å². The minimum atomic E-state index is -0.480. The number of amides is 1. The first-order chi connectivity index (χ1) is 9.33. The molecule has 1 saturated heterocycles. The zero-order valence-corrected chi connectivity index (χ0v) is 13.9. The molecule has 4 nitrogen and oxygen atoms in total. The predicted octanol–water partition coefficient (Wildman–Crippen LogP) is 3.35. The Hall–Kier alpha value is -0.710. The first-order valence-corrected chi connectivity index (χ1v) is 8.57. The lowest BCUT2D eigenvalue weighted by molar-refractivity contribution is -0.126. The zero-order chi connectivity index (χ0) is 15.2. The van der Waals surface area contributed by atoms with Crippen LogP contribution in [0, 0.1) is 5.92 Å². The Bertz CT molecular complexity index is 339. The Balaban J connectivity index is 2.44. The summed E-state index contributed by atoms with van der Waals surface area (Å²) in [6.45, 7) is 8.73. The lowest BCUT2D eigenvalue weighted by Crippen LogP contribution is -2.46. The summed E-state index contributed by atoms with van der Waals surface area (Å²) in [4.78, 5) is 25.6. The number of ether oxygens (including phenoxy) is 1. The first-order valence-electron chi connectivity index (χ1n) is 7.42. The van der Waals surface area contributed by atoms with Gasteiger partial charge in [-0.3, -0.25) is 4.79 Å². The maximum absolute atomic E-state index is 12.0. The van der Waals surface area contributed by atoms with Gasteiger partial charge < -0.3 is 9.64 Å². The Morgan fingerprint density at radius 2 is 2.15 bits per heavy atom. The Morgan fingerprint density at radius 3 is 2.75 bits per heavy atom. The Morgan fingerprint density at radius 1 is 1.45 bits per heavy atom. The molecule has 1 aliphatic rings. The summed E-state index contributed by atoms with van der Waals surface area (Å²) in [6, 6.07) is 0. The molecule has 0 aromatic carbocycles. The van der Waals surface area contributed by atoms with Crippen LogP contribution in [0.2, 0.25) is 0 Å². The quantitative estimate of drug-likeness (QED) is 0.731. The third kappa shape index (κ3) is 6.16. The van der Waals surface area contributed by atoms with Crippen LogP contribution in [0.4, 0.5) is 4.79 Å². The average molecular weight is 301 g/mol. The topological polar surface area (TPSA) is 46.6 Å². The van der Waals surface area contributed by atoms with E-state index >= 15 is 0 Å². The van der Waals surface area contributed by atoms with Gasteiger partial charge in [-0.05, 0) is 45.1 Å². The van der Waals surface area contributed by atoms with Crippen LogP contribution in [0.1, 0.15) is 47.0 Å². The number of piperidine rings is 1. The second-order valence-electron chi connectivity index (χ2n) is 6.18. The highest BCUT2D eigenvalue weighted by atomic mass is 32.2. The number of ketones is 1. The predicted molar refractivity (Wildman–Crippen MR) is 83.2 cm³/mol. The van der Waals surface area contributed by atoms with Crippen LogP contribution < -0.4 is 0 Å². The molecule has 0 spiro atoms. The van der Waals surface area contributed by atoms with E-state index in [4.69, 9.17) is 4.74 Å². The van der Waals surface area contributed by atoms with Crippen molar-refractivity contribution in [2.24, 2.45) is 5.92 Å². The van der Waals surface area contributed by atoms with Crippen LogP contribution in [0.25, 0.3) is 0 Å². The van der Waals surface area contributed by atoms with E-state index in [2.05, 4.69) is 6.92 Å². The number of hydrogen-bond acceptors (Lipinski definition) is 4. The highest BCUT2D eigenvalue weighted by molar-refractivity contribution is 7.99. The lowest BCUT2D eigenvalue weighted by atomic mass is 9.92. The molecule has 1 aliphatic heterocycles. The van der Waals surface area contributed by atoms with Crippen LogP contribution in [-0.2, 0) is 9.53 Å². The van der Waals surface area contributed by atoms with Crippen molar-refractivity contribution in [2.75, 3.05) is 24.6 Å². The molecule has 1 heterocycles. The molecule has 0 bridgehead atoms. The van der Waals surface area contributed by atoms with Crippen LogP contribution in [0.3, 0.4) is 0 Å². The first kappa shape index (κ1) is 17.3. The third-order valence-corrected chi connectivity index (χ3v) is 4.21. The van der Waals surface area contributed by atoms with Crippen LogP contribution in [-0.4, -0.2) is 47.0 Å². The summed E-state index contributed by atoms with van der Waals surface area (Å²) in [5, 5.41) is 0. The molecule has 0 radical (unpaired) electrons. The minimum absolute atomic E-state index is 0.00581. The molecule has 5 heteroatoms. The number of nitrogens with zero attached hydrogens (tertiary/aromatic N) is 1. The van der Waals surface area contributed by atoms with Gasteiger partial charge in [-0.15, -0.1) is 0 Å². The van der Waals surface area contributed by atoms with Crippen molar-refractivity contribution in [3.05, 3.63) is 0 Å². The summed E-state index contributed by atoms with van der Waals surface area (Å²) in [5.74, 6) is 2.50. The van der Waals surface area contributed by atoms with Gasteiger partial charge in [0.05, 0.1) is 0 Å². The number of hydrogen-bond donors (Lipinski definition) is 0. The van der Waals surface area contributed by atoms with Gasteiger partial charge in [0.2, 0.25) is 0 Å². The van der Waals surface area contributed by atoms with Gasteiger partial charge in [0.25, 0.3) is 0 Å². The molecule has 0 saturated carbocycles. The summed E-state index contributed by atoms with van der Waals surface area (Å²) in [7, 11) is 0. The number of rotatable bonds is 5. The maximum Gasteiger partial charge on any atom is 0.410 e. The van der Waals surface area contributed by atoms with Crippen molar-refractivity contribution in [1.29, 1.82) is 0 Å². The van der Waals surface area contributed by atoms with Gasteiger partial charge in [0.1, 0.15) is 11.4 Å². The molecular weight excluding hydrogens is 274 g/mol. The molecule has 0 aromatic heterocycles. The zero-order valence-electron chi connectivity index (χ0n) is 13.1. The van der Waals surface area contributed by atoms with E-state index in [1.807, 2.05) is 32.5 Å². The van der Waals surface area contributed by atoms with E-state index in [1.54, 1.807) is 4.90 Å². The largest absolute Gasteiger partial charge is 0.444 e. The van der Waals surface area contributed by atoms with E-state index in [0.29, 0.717) is 25.3 Å². The van der Waals surface area contributed by atoms with Crippen molar-refractivity contribution >= 4 is 23.6 Å². The normalized spacial score (nSPS) is 20.1. The monoisotopic (exact) mass is 301 g/mol. The minimum Gasteiger partial charge on any atom is -0.444 e. The second-order valence-corrected chi connectivity index (χ2v) is 7.57. The molecule has 116 valence electrons. The fourth-order valence-corrected chi connectivity index (χ4v) is 2.89. The van der Waals surface area contributed by atoms with Gasteiger partial charge in [0, 0.05) is 25.4 Å². The van der Waals surface area contributed by atoms with Crippen molar-refractivity contribution in [3.8, 4) is 0 Å². The van der Waals surface area contributed by atoms with Crippen molar-refractivity contribution in [2.45, 2.75) is 52.6 Å².